The van der Waals surface area contributed by atoms with Gasteiger partial charge in [-0.25, -0.2) is 4.79 Å². The van der Waals surface area contributed by atoms with Crippen LogP contribution in [0, 0.1) is 0 Å². The molecule has 1 N–H and O–H groups in total. The van der Waals surface area contributed by atoms with Crippen molar-refractivity contribution in [2.75, 3.05) is 25.6 Å². The van der Waals surface area contributed by atoms with E-state index < -0.39 is 5.97 Å². The van der Waals surface area contributed by atoms with E-state index in [1.807, 2.05) is 31.2 Å². The Morgan fingerprint density at radius 3 is 2.43 bits per heavy atom. The number of amides is 1. The molecule has 0 radical (unpaired) electrons. The van der Waals surface area contributed by atoms with Crippen molar-refractivity contribution in [1.82, 2.24) is 0 Å². The maximum absolute atomic E-state index is 12.2. The van der Waals surface area contributed by atoms with Crippen LogP contribution >= 0.6 is 11.6 Å². The van der Waals surface area contributed by atoms with Crippen molar-refractivity contribution in [2.24, 2.45) is 0 Å². The zero-order chi connectivity index (χ0) is 20.5. The Kier molecular flexibility index (Phi) is 7.89. The largest absolute Gasteiger partial charge is 0.496 e. The summed E-state index contributed by atoms with van der Waals surface area (Å²) in [5.74, 6) is 0.106. The molecule has 0 aliphatic heterocycles. The van der Waals surface area contributed by atoms with Gasteiger partial charge in [-0.05, 0) is 43.7 Å². The molecule has 0 aromatic heterocycles. The first-order chi connectivity index (χ1) is 13.5. The number of halogens is 1. The molecule has 0 fully saturated rings. The predicted octanol–water partition coefficient (Wildman–Crippen LogP) is 4.58. The first kappa shape index (κ1) is 21.3. The third-order valence-corrected chi connectivity index (χ3v) is 3.97. The highest BCUT2D eigenvalue weighted by Gasteiger charge is 2.17. The number of benzene rings is 2. The zero-order valence-electron chi connectivity index (χ0n) is 16.0. The van der Waals surface area contributed by atoms with Gasteiger partial charge in [-0.15, -0.1) is 0 Å². The quantitative estimate of drug-likeness (QED) is 0.516. The fraction of sp³-hybridized carbons (Fsp3) is 0.238. The molecule has 0 aliphatic carbocycles. The smallest absolute Gasteiger partial charge is 0.341 e. The van der Waals surface area contributed by atoms with Gasteiger partial charge >= 0.3 is 5.97 Å². The van der Waals surface area contributed by atoms with Gasteiger partial charge < -0.3 is 19.5 Å². The number of carbonyl (C=O) groups excluding carboxylic acids is 2. The van der Waals surface area contributed by atoms with Crippen LogP contribution in [0.1, 0.15) is 29.8 Å². The third-order valence-electron chi connectivity index (χ3n) is 3.66. The molecule has 7 heteroatoms. The number of hydrogen-bond donors (Lipinski definition) is 1. The summed E-state index contributed by atoms with van der Waals surface area (Å²) in [6, 6.07) is 10.2. The Hall–Kier alpha value is -2.99. The minimum absolute atomic E-state index is 0.192. The van der Waals surface area contributed by atoms with Crippen LogP contribution in [0.2, 0.25) is 5.02 Å². The van der Waals surface area contributed by atoms with Crippen LogP contribution < -0.4 is 14.8 Å². The van der Waals surface area contributed by atoms with E-state index in [4.69, 9.17) is 25.8 Å². The van der Waals surface area contributed by atoms with E-state index in [1.165, 1.54) is 25.3 Å². The van der Waals surface area contributed by atoms with Crippen LogP contribution in [0.25, 0.3) is 6.08 Å². The number of ether oxygens (including phenoxy) is 3. The van der Waals surface area contributed by atoms with Crippen molar-refractivity contribution in [3.8, 4) is 11.5 Å². The lowest BCUT2D eigenvalue weighted by Crippen LogP contribution is -2.11. The molecular weight excluding hydrogens is 382 g/mol. The maximum atomic E-state index is 12.2. The molecule has 0 unspecified atom stereocenters. The molecule has 0 bridgehead atoms. The molecule has 0 aliphatic rings. The van der Waals surface area contributed by atoms with Gasteiger partial charge in [-0.2, -0.15) is 0 Å². The van der Waals surface area contributed by atoms with Gasteiger partial charge in [0.25, 0.3) is 0 Å². The number of methoxy groups -OCH3 is 1. The van der Waals surface area contributed by atoms with Crippen LogP contribution in [0.3, 0.4) is 0 Å². The first-order valence-electron chi connectivity index (χ1n) is 8.75. The zero-order valence-corrected chi connectivity index (χ0v) is 16.7. The maximum Gasteiger partial charge on any atom is 0.341 e. The van der Waals surface area contributed by atoms with Crippen LogP contribution in [0.5, 0.6) is 11.5 Å². The lowest BCUT2D eigenvalue weighted by molar-refractivity contribution is -0.111. The summed E-state index contributed by atoms with van der Waals surface area (Å²) in [6.07, 6.45) is 3.06. The minimum atomic E-state index is -0.547. The van der Waals surface area contributed by atoms with Crippen molar-refractivity contribution in [3.63, 3.8) is 0 Å². The third kappa shape index (κ3) is 5.76. The van der Waals surface area contributed by atoms with Crippen LogP contribution in [-0.2, 0) is 9.53 Å². The summed E-state index contributed by atoms with van der Waals surface area (Å²) in [6.45, 7) is 4.44. The Labute approximate surface area is 169 Å². The molecule has 2 aromatic rings. The molecule has 0 spiro atoms. The highest BCUT2D eigenvalue weighted by Crippen LogP contribution is 2.31. The molecule has 6 nitrogen and oxygen atoms in total. The molecule has 28 heavy (non-hydrogen) atoms. The van der Waals surface area contributed by atoms with Gasteiger partial charge in [0.2, 0.25) is 5.91 Å². The van der Waals surface area contributed by atoms with E-state index in [2.05, 4.69) is 5.32 Å². The monoisotopic (exact) mass is 403 g/mol. The molecular formula is C21H22ClNO5. The Bertz CT molecular complexity index is 862. The molecule has 0 atom stereocenters. The fourth-order valence-corrected chi connectivity index (χ4v) is 2.59. The van der Waals surface area contributed by atoms with E-state index in [0.29, 0.717) is 12.3 Å². The van der Waals surface area contributed by atoms with E-state index in [0.717, 1.165) is 11.3 Å². The SMILES string of the molecule is CCOC(=O)c1cc(Cl)c(NC(=O)/C=C/c2ccc(OCC)cc2)cc1OC. The highest BCUT2D eigenvalue weighted by molar-refractivity contribution is 6.34. The Morgan fingerprint density at radius 2 is 1.82 bits per heavy atom. The van der Waals surface area contributed by atoms with Gasteiger partial charge in [0, 0.05) is 12.1 Å². The van der Waals surface area contributed by atoms with Gasteiger partial charge in [0.1, 0.15) is 17.1 Å². The lowest BCUT2D eigenvalue weighted by Gasteiger charge is -2.12. The lowest BCUT2D eigenvalue weighted by atomic mass is 10.1. The second-order valence-corrected chi connectivity index (χ2v) is 5.98. The van der Waals surface area contributed by atoms with Gasteiger partial charge in [0.05, 0.1) is 31.0 Å². The Morgan fingerprint density at radius 1 is 1.11 bits per heavy atom. The second kappa shape index (κ2) is 10.4. The summed E-state index contributed by atoms with van der Waals surface area (Å²) in [4.78, 5) is 24.2. The van der Waals surface area contributed by atoms with Gasteiger partial charge in [0.15, 0.2) is 0 Å². The minimum Gasteiger partial charge on any atom is -0.496 e. The van der Waals surface area contributed by atoms with E-state index in [9.17, 15) is 9.59 Å². The van der Waals surface area contributed by atoms with Gasteiger partial charge in [-0.3, -0.25) is 4.79 Å². The van der Waals surface area contributed by atoms with Crippen molar-refractivity contribution < 1.29 is 23.8 Å². The Balaban J connectivity index is 2.11. The summed E-state index contributed by atoms with van der Waals surface area (Å²) in [7, 11) is 1.42. The van der Waals surface area contributed by atoms with E-state index in [-0.39, 0.29) is 28.8 Å². The van der Waals surface area contributed by atoms with Crippen molar-refractivity contribution in [3.05, 3.63) is 58.6 Å². The number of nitrogens with one attached hydrogen (secondary N) is 1. The first-order valence-corrected chi connectivity index (χ1v) is 9.12. The second-order valence-electron chi connectivity index (χ2n) is 5.58. The van der Waals surface area contributed by atoms with Crippen molar-refractivity contribution in [1.29, 1.82) is 0 Å². The van der Waals surface area contributed by atoms with Crippen molar-refractivity contribution in [2.45, 2.75) is 13.8 Å². The number of rotatable bonds is 8. The van der Waals surface area contributed by atoms with Crippen LogP contribution in [-0.4, -0.2) is 32.2 Å². The predicted molar refractivity (Wildman–Crippen MR) is 109 cm³/mol. The normalized spacial score (nSPS) is 10.6. The average Bonchev–Trinajstić information content (AvgIpc) is 2.69. The molecule has 1 amide bonds. The molecule has 0 saturated heterocycles. The molecule has 0 saturated carbocycles. The van der Waals surface area contributed by atoms with E-state index in [1.54, 1.807) is 13.0 Å². The number of carbonyl (C=O) groups is 2. The van der Waals surface area contributed by atoms with Crippen LogP contribution in [0.4, 0.5) is 5.69 Å². The molecule has 0 heterocycles. The average molecular weight is 404 g/mol. The summed E-state index contributed by atoms with van der Waals surface area (Å²) in [5.41, 5.74) is 1.37. The summed E-state index contributed by atoms with van der Waals surface area (Å²) >= 11 is 6.19. The summed E-state index contributed by atoms with van der Waals surface area (Å²) < 4.78 is 15.6. The molecule has 148 valence electrons. The van der Waals surface area contributed by atoms with Crippen LogP contribution in [0.15, 0.2) is 42.5 Å². The number of anilines is 1. The molecule has 2 aromatic carbocycles. The standard InChI is InChI=1S/C21H22ClNO5/c1-4-27-15-9-6-14(7-10-15)8-11-20(24)23-18-13-19(26-3)16(12-17(18)22)21(25)28-5-2/h6-13H,4-5H2,1-3H3,(H,23,24)/b11-8+. The summed E-state index contributed by atoms with van der Waals surface area (Å²) in [5, 5.41) is 2.87. The number of hydrogen-bond acceptors (Lipinski definition) is 5. The molecule has 2 rings (SSSR count). The van der Waals surface area contributed by atoms with E-state index >= 15 is 0 Å². The topological polar surface area (TPSA) is 73.9 Å². The number of esters is 1. The van der Waals surface area contributed by atoms with Gasteiger partial charge in [-0.1, -0.05) is 23.7 Å². The fourth-order valence-electron chi connectivity index (χ4n) is 2.37. The highest BCUT2D eigenvalue weighted by atomic mass is 35.5. The van der Waals surface area contributed by atoms with Crippen molar-refractivity contribution >= 4 is 35.2 Å².